The summed E-state index contributed by atoms with van der Waals surface area (Å²) in [5.74, 6) is 0.518. The summed E-state index contributed by atoms with van der Waals surface area (Å²) in [7, 11) is 1.65. The van der Waals surface area contributed by atoms with E-state index in [1.807, 2.05) is 30.3 Å². The normalized spacial score (nSPS) is 14.5. The molecule has 6 heteroatoms. The van der Waals surface area contributed by atoms with Crippen LogP contribution in [0, 0.1) is 3.57 Å². The Balaban J connectivity index is 1.68. The van der Waals surface area contributed by atoms with Crippen LogP contribution >= 0.6 is 22.6 Å². The lowest BCUT2D eigenvalue weighted by atomic mass is 10.1. The third-order valence-corrected chi connectivity index (χ3v) is 5.07. The van der Waals surface area contributed by atoms with Crippen molar-refractivity contribution in [2.24, 2.45) is 5.10 Å². The Morgan fingerprint density at radius 3 is 2.73 bits per heavy atom. The molecule has 2 aromatic rings. The summed E-state index contributed by atoms with van der Waals surface area (Å²) >= 11 is 2.18. The molecule has 5 nitrogen and oxygen atoms in total. The number of benzene rings is 2. The molecule has 1 fully saturated rings. The Labute approximate surface area is 167 Å². The predicted molar refractivity (Wildman–Crippen MR) is 113 cm³/mol. The minimum absolute atomic E-state index is 0.233. The quantitative estimate of drug-likeness (QED) is 0.414. The molecule has 2 aromatic carbocycles. The van der Waals surface area contributed by atoms with Gasteiger partial charge < -0.3 is 9.64 Å². The van der Waals surface area contributed by atoms with E-state index in [1.54, 1.807) is 19.4 Å². The van der Waals surface area contributed by atoms with Crippen LogP contribution in [-0.4, -0.2) is 32.3 Å². The van der Waals surface area contributed by atoms with Gasteiger partial charge in [-0.1, -0.05) is 6.07 Å². The number of nitrogens with one attached hydrogen (secondary N) is 1. The Kier molecular flexibility index (Phi) is 6.49. The zero-order valence-electron chi connectivity index (χ0n) is 14.7. The minimum Gasteiger partial charge on any atom is -0.496 e. The van der Waals surface area contributed by atoms with Gasteiger partial charge in [0.1, 0.15) is 5.75 Å². The standard InChI is InChI=1S/C20H22IN3O2/c1-26-19-13-18(24-10-3-2-4-11-24)9-8-16(19)14-22-23-20(25)15-6-5-7-17(21)12-15/h5-9,12-14H,2-4,10-11H2,1H3,(H,23,25)/b22-14-. The van der Waals surface area contributed by atoms with Crippen molar-refractivity contribution >= 4 is 40.4 Å². The first kappa shape index (κ1) is 18.7. The van der Waals surface area contributed by atoms with Gasteiger partial charge in [0.05, 0.1) is 13.3 Å². The van der Waals surface area contributed by atoms with Crippen molar-refractivity contribution < 1.29 is 9.53 Å². The van der Waals surface area contributed by atoms with Crippen LogP contribution in [0.5, 0.6) is 5.75 Å². The lowest BCUT2D eigenvalue weighted by molar-refractivity contribution is 0.0955. The molecule has 1 amide bonds. The smallest absolute Gasteiger partial charge is 0.271 e. The lowest BCUT2D eigenvalue weighted by Crippen LogP contribution is -2.29. The van der Waals surface area contributed by atoms with Crippen LogP contribution < -0.4 is 15.1 Å². The van der Waals surface area contributed by atoms with Crippen molar-refractivity contribution in [2.45, 2.75) is 19.3 Å². The summed E-state index contributed by atoms with van der Waals surface area (Å²) in [4.78, 5) is 14.5. The van der Waals surface area contributed by atoms with E-state index in [0.717, 1.165) is 28.0 Å². The van der Waals surface area contributed by atoms with E-state index in [2.05, 4.69) is 44.1 Å². The Morgan fingerprint density at radius 1 is 1.19 bits per heavy atom. The number of anilines is 1. The van der Waals surface area contributed by atoms with Gasteiger partial charge in [0.15, 0.2) is 0 Å². The van der Waals surface area contributed by atoms with Crippen LogP contribution in [0.25, 0.3) is 0 Å². The molecule has 1 aliphatic rings. The van der Waals surface area contributed by atoms with Crippen LogP contribution in [-0.2, 0) is 0 Å². The van der Waals surface area contributed by atoms with Gasteiger partial charge in [-0.25, -0.2) is 5.43 Å². The third kappa shape index (κ3) is 4.75. The molecule has 136 valence electrons. The molecule has 0 radical (unpaired) electrons. The first-order valence-corrected chi connectivity index (χ1v) is 9.77. The summed E-state index contributed by atoms with van der Waals surface area (Å²) in [6, 6.07) is 13.5. The molecule has 26 heavy (non-hydrogen) atoms. The Bertz CT molecular complexity index is 801. The maximum absolute atomic E-state index is 12.1. The molecule has 0 atom stereocenters. The van der Waals surface area contributed by atoms with Crippen LogP contribution in [0.3, 0.4) is 0 Å². The number of piperidine rings is 1. The molecule has 0 saturated carbocycles. The Hall–Kier alpha value is -2.09. The van der Waals surface area contributed by atoms with Gasteiger partial charge >= 0.3 is 0 Å². The van der Waals surface area contributed by atoms with E-state index in [1.165, 1.54) is 24.9 Å². The predicted octanol–water partition coefficient (Wildman–Crippen LogP) is 4.05. The van der Waals surface area contributed by atoms with Crippen molar-refractivity contribution in [3.8, 4) is 5.75 Å². The fourth-order valence-corrected chi connectivity index (χ4v) is 3.55. The number of nitrogens with zero attached hydrogens (tertiary/aromatic N) is 2. The van der Waals surface area contributed by atoms with Crippen molar-refractivity contribution in [3.63, 3.8) is 0 Å². The number of ether oxygens (including phenoxy) is 1. The van der Waals surface area contributed by atoms with Gasteiger partial charge in [-0.05, 0) is 72.2 Å². The molecule has 0 unspecified atom stereocenters. The van der Waals surface area contributed by atoms with E-state index in [9.17, 15) is 4.79 Å². The van der Waals surface area contributed by atoms with Gasteiger partial charge in [-0.3, -0.25) is 4.79 Å². The molecule has 1 saturated heterocycles. The number of hydrogen-bond acceptors (Lipinski definition) is 4. The summed E-state index contributed by atoms with van der Waals surface area (Å²) in [6.07, 6.45) is 5.38. The number of amides is 1. The number of hydrogen-bond donors (Lipinski definition) is 1. The first-order chi connectivity index (χ1) is 12.7. The number of methoxy groups -OCH3 is 1. The molecule has 1 aliphatic heterocycles. The highest BCUT2D eigenvalue weighted by atomic mass is 127. The molecule has 0 spiro atoms. The van der Waals surface area contributed by atoms with Crippen molar-refractivity contribution in [3.05, 3.63) is 57.2 Å². The van der Waals surface area contributed by atoms with Crippen molar-refractivity contribution in [1.29, 1.82) is 0 Å². The fourth-order valence-electron chi connectivity index (χ4n) is 3.01. The fraction of sp³-hybridized carbons (Fsp3) is 0.300. The second-order valence-electron chi connectivity index (χ2n) is 6.18. The highest BCUT2D eigenvalue weighted by Crippen LogP contribution is 2.26. The van der Waals surface area contributed by atoms with E-state index >= 15 is 0 Å². The summed E-state index contributed by atoms with van der Waals surface area (Å²) in [6.45, 7) is 2.17. The molecular weight excluding hydrogens is 441 g/mol. The number of halogens is 1. The topological polar surface area (TPSA) is 53.9 Å². The molecule has 0 aromatic heterocycles. The van der Waals surface area contributed by atoms with Gasteiger partial charge in [0.2, 0.25) is 0 Å². The number of rotatable bonds is 5. The van der Waals surface area contributed by atoms with E-state index in [4.69, 9.17) is 4.74 Å². The molecule has 1 N–H and O–H groups in total. The molecule has 1 heterocycles. The number of carbonyl (C=O) groups is 1. The monoisotopic (exact) mass is 463 g/mol. The average Bonchev–Trinajstić information content (AvgIpc) is 2.68. The molecule has 0 bridgehead atoms. The first-order valence-electron chi connectivity index (χ1n) is 8.69. The number of hydrazone groups is 1. The Morgan fingerprint density at radius 2 is 2.00 bits per heavy atom. The molecular formula is C20H22IN3O2. The second-order valence-corrected chi connectivity index (χ2v) is 7.43. The largest absolute Gasteiger partial charge is 0.496 e. The van der Waals surface area contributed by atoms with Crippen molar-refractivity contribution in [1.82, 2.24) is 5.43 Å². The van der Waals surface area contributed by atoms with Crippen LogP contribution in [0.15, 0.2) is 47.6 Å². The van der Waals surface area contributed by atoms with Gasteiger partial charge in [-0.15, -0.1) is 0 Å². The summed E-state index contributed by atoms with van der Waals surface area (Å²) in [5, 5.41) is 4.08. The second kappa shape index (κ2) is 9.02. The highest BCUT2D eigenvalue weighted by Gasteiger charge is 2.13. The summed E-state index contributed by atoms with van der Waals surface area (Å²) < 4.78 is 6.51. The molecule has 0 aliphatic carbocycles. The molecule has 3 rings (SSSR count). The maximum atomic E-state index is 12.1. The third-order valence-electron chi connectivity index (χ3n) is 4.39. The van der Waals surface area contributed by atoms with Crippen LogP contribution in [0.2, 0.25) is 0 Å². The number of carbonyl (C=O) groups excluding carboxylic acids is 1. The zero-order valence-corrected chi connectivity index (χ0v) is 16.9. The van der Waals surface area contributed by atoms with Gasteiger partial charge in [0.25, 0.3) is 5.91 Å². The maximum Gasteiger partial charge on any atom is 0.271 e. The lowest BCUT2D eigenvalue weighted by Gasteiger charge is -2.29. The van der Waals surface area contributed by atoms with Crippen LogP contribution in [0.4, 0.5) is 5.69 Å². The van der Waals surface area contributed by atoms with Gasteiger partial charge in [0, 0.05) is 39.5 Å². The van der Waals surface area contributed by atoms with Gasteiger partial charge in [-0.2, -0.15) is 5.10 Å². The van der Waals surface area contributed by atoms with E-state index in [-0.39, 0.29) is 5.91 Å². The van der Waals surface area contributed by atoms with Crippen molar-refractivity contribution in [2.75, 3.05) is 25.1 Å². The zero-order chi connectivity index (χ0) is 18.4. The highest BCUT2D eigenvalue weighted by molar-refractivity contribution is 14.1. The van der Waals surface area contributed by atoms with E-state index in [0.29, 0.717) is 5.56 Å². The summed E-state index contributed by atoms with van der Waals surface area (Å²) in [5.41, 5.74) is 5.15. The average molecular weight is 463 g/mol. The van der Waals surface area contributed by atoms with E-state index < -0.39 is 0 Å². The van der Waals surface area contributed by atoms with Crippen LogP contribution in [0.1, 0.15) is 35.2 Å². The minimum atomic E-state index is -0.233. The SMILES string of the molecule is COc1cc(N2CCCCC2)ccc1/C=N\NC(=O)c1cccc(I)c1.